The Balaban J connectivity index is 1.37. The molecule has 1 aliphatic carbocycles. The molecule has 2 aromatic heterocycles. The van der Waals surface area contributed by atoms with E-state index in [9.17, 15) is 4.79 Å². The van der Waals surface area contributed by atoms with Crippen LogP contribution in [0, 0.1) is 5.92 Å². The first kappa shape index (κ1) is 21.9. The number of nitrogens with one attached hydrogen (secondary N) is 1. The molecular formula is C26H26N2O3S2. The second kappa shape index (κ2) is 9.53. The minimum Gasteiger partial charge on any atom is -0.494 e. The van der Waals surface area contributed by atoms with E-state index in [4.69, 9.17) is 14.5 Å². The molecule has 1 N–H and O–H groups in total. The number of thiophene rings is 1. The molecule has 0 spiro atoms. The number of nitrogens with zero attached hydrogens (tertiary/aromatic N) is 1. The Bertz CT molecular complexity index is 1240. The standard InChI is InChI=1S/C26H26N2O3S2/c1-3-30-17-9-11-18(12-10-17)31-15-23(29)28-26-24(19-13-8-16(2)14-22(19)33-26)25-27-20-6-4-5-7-21(20)32-25/h4-7,9-12,16H,3,8,13-15H2,1-2H3,(H,28,29). The van der Waals surface area contributed by atoms with Gasteiger partial charge >= 0.3 is 0 Å². The summed E-state index contributed by atoms with van der Waals surface area (Å²) in [4.78, 5) is 19.1. The van der Waals surface area contributed by atoms with Crippen LogP contribution in [0.3, 0.4) is 0 Å². The second-order valence-corrected chi connectivity index (χ2v) is 10.4. The van der Waals surface area contributed by atoms with Crippen molar-refractivity contribution in [3.05, 3.63) is 59.0 Å². The lowest BCUT2D eigenvalue weighted by atomic mass is 9.88. The molecule has 1 unspecified atom stereocenters. The van der Waals surface area contributed by atoms with Gasteiger partial charge < -0.3 is 14.8 Å². The molecule has 1 amide bonds. The van der Waals surface area contributed by atoms with E-state index in [0.717, 1.165) is 50.8 Å². The topological polar surface area (TPSA) is 60.5 Å². The van der Waals surface area contributed by atoms with Gasteiger partial charge in [-0.2, -0.15) is 0 Å². The largest absolute Gasteiger partial charge is 0.494 e. The lowest BCUT2D eigenvalue weighted by molar-refractivity contribution is -0.118. The SMILES string of the molecule is CCOc1ccc(OCC(=O)Nc2sc3c(c2-c2nc4ccccc4s2)CCC(C)C3)cc1. The summed E-state index contributed by atoms with van der Waals surface area (Å²) in [5.74, 6) is 1.91. The zero-order valence-electron chi connectivity index (χ0n) is 18.7. The molecular weight excluding hydrogens is 452 g/mol. The van der Waals surface area contributed by atoms with Gasteiger partial charge in [-0.05, 0) is 74.1 Å². The highest BCUT2D eigenvalue weighted by molar-refractivity contribution is 7.22. The van der Waals surface area contributed by atoms with Gasteiger partial charge in [0.25, 0.3) is 5.91 Å². The number of hydrogen-bond donors (Lipinski definition) is 1. The van der Waals surface area contributed by atoms with Crippen molar-refractivity contribution in [1.29, 1.82) is 0 Å². The molecule has 0 radical (unpaired) electrons. The molecule has 2 heterocycles. The van der Waals surface area contributed by atoms with Crippen LogP contribution in [0.4, 0.5) is 5.00 Å². The summed E-state index contributed by atoms with van der Waals surface area (Å²) in [6.07, 6.45) is 3.24. The molecule has 1 atom stereocenters. The Hall–Kier alpha value is -2.90. The van der Waals surface area contributed by atoms with Crippen molar-refractivity contribution in [2.24, 2.45) is 5.92 Å². The molecule has 0 saturated carbocycles. The number of benzene rings is 2. The molecule has 0 bridgehead atoms. The Kier molecular flexibility index (Phi) is 6.33. The summed E-state index contributed by atoms with van der Waals surface area (Å²) >= 11 is 3.38. The summed E-state index contributed by atoms with van der Waals surface area (Å²) in [6.45, 7) is 4.80. The number of amides is 1. The van der Waals surface area contributed by atoms with Crippen molar-refractivity contribution < 1.29 is 14.3 Å². The fourth-order valence-electron chi connectivity index (χ4n) is 4.15. The van der Waals surface area contributed by atoms with E-state index >= 15 is 0 Å². The maximum absolute atomic E-state index is 12.8. The smallest absolute Gasteiger partial charge is 0.262 e. The normalized spacial score (nSPS) is 15.3. The average Bonchev–Trinajstić information content (AvgIpc) is 3.39. The van der Waals surface area contributed by atoms with Gasteiger partial charge in [-0.15, -0.1) is 22.7 Å². The third-order valence-electron chi connectivity index (χ3n) is 5.78. The van der Waals surface area contributed by atoms with Gasteiger partial charge in [-0.3, -0.25) is 4.79 Å². The lowest BCUT2D eigenvalue weighted by Crippen LogP contribution is -2.20. The molecule has 0 saturated heterocycles. The van der Waals surface area contributed by atoms with Crippen molar-refractivity contribution >= 4 is 43.8 Å². The zero-order valence-corrected chi connectivity index (χ0v) is 20.4. The highest BCUT2D eigenvalue weighted by atomic mass is 32.1. The zero-order chi connectivity index (χ0) is 22.8. The van der Waals surface area contributed by atoms with Crippen LogP contribution in [-0.4, -0.2) is 24.1 Å². The van der Waals surface area contributed by atoms with Gasteiger partial charge in [-0.25, -0.2) is 4.98 Å². The molecule has 170 valence electrons. The molecule has 1 aliphatic rings. The van der Waals surface area contributed by atoms with Crippen molar-refractivity contribution in [2.75, 3.05) is 18.5 Å². The molecule has 0 aliphatic heterocycles. The summed E-state index contributed by atoms with van der Waals surface area (Å²) in [7, 11) is 0. The number of hydrogen-bond acceptors (Lipinski definition) is 6. The van der Waals surface area contributed by atoms with Crippen LogP contribution in [0.25, 0.3) is 20.8 Å². The summed E-state index contributed by atoms with van der Waals surface area (Å²) in [5, 5.41) is 4.98. The Morgan fingerprint density at radius 1 is 1.09 bits per heavy atom. The Morgan fingerprint density at radius 3 is 2.61 bits per heavy atom. The highest BCUT2D eigenvalue weighted by Gasteiger charge is 2.27. The summed E-state index contributed by atoms with van der Waals surface area (Å²) < 4.78 is 12.3. The molecule has 4 aromatic rings. The Morgan fingerprint density at radius 2 is 1.85 bits per heavy atom. The average molecular weight is 479 g/mol. The molecule has 5 nitrogen and oxygen atoms in total. The minimum atomic E-state index is -0.169. The monoisotopic (exact) mass is 478 g/mol. The third-order valence-corrected chi connectivity index (χ3v) is 8.00. The fraction of sp³-hybridized carbons (Fsp3) is 0.308. The number of aromatic nitrogens is 1. The van der Waals surface area contributed by atoms with E-state index < -0.39 is 0 Å². The van der Waals surface area contributed by atoms with Crippen LogP contribution in [0.2, 0.25) is 0 Å². The van der Waals surface area contributed by atoms with Gasteiger partial charge in [0.05, 0.1) is 16.8 Å². The van der Waals surface area contributed by atoms with Crippen molar-refractivity contribution in [1.82, 2.24) is 4.98 Å². The number of rotatable bonds is 7. The molecule has 0 fully saturated rings. The van der Waals surface area contributed by atoms with E-state index in [-0.39, 0.29) is 12.5 Å². The van der Waals surface area contributed by atoms with E-state index in [1.165, 1.54) is 10.4 Å². The highest BCUT2D eigenvalue weighted by Crippen LogP contribution is 2.47. The van der Waals surface area contributed by atoms with Crippen LogP contribution < -0.4 is 14.8 Å². The number of para-hydroxylation sites is 1. The van der Waals surface area contributed by atoms with E-state index in [1.807, 2.05) is 49.4 Å². The van der Waals surface area contributed by atoms with E-state index in [0.29, 0.717) is 18.3 Å². The third kappa shape index (κ3) is 4.75. The Labute approximate surface area is 201 Å². The first-order valence-electron chi connectivity index (χ1n) is 11.3. The van der Waals surface area contributed by atoms with Crippen LogP contribution in [0.5, 0.6) is 11.5 Å². The van der Waals surface area contributed by atoms with Gasteiger partial charge in [0.1, 0.15) is 21.5 Å². The van der Waals surface area contributed by atoms with Gasteiger partial charge in [0, 0.05) is 10.4 Å². The molecule has 5 rings (SSSR count). The first-order valence-corrected chi connectivity index (χ1v) is 12.9. The number of anilines is 1. The maximum atomic E-state index is 12.8. The predicted molar refractivity (Wildman–Crippen MR) is 136 cm³/mol. The quantitative estimate of drug-likeness (QED) is 0.326. The van der Waals surface area contributed by atoms with Gasteiger partial charge in [-0.1, -0.05) is 19.1 Å². The second-order valence-electron chi connectivity index (χ2n) is 8.28. The van der Waals surface area contributed by atoms with Crippen LogP contribution in [-0.2, 0) is 17.6 Å². The van der Waals surface area contributed by atoms with Crippen LogP contribution >= 0.6 is 22.7 Å². The van der Waals surface area contributed by atoms with Crippen molar-refractivity contribution in [2.45, 2.75) is 33.1 Å². The van der Waals surface area contributed by atoms with E-state index in [2.05, 4.69) is 18.3 Å². The molecule has 7 heteroatoms. The minimum absolute atomic E-state index is 0.0494. The number of carbonyl (C=O) groups excluding carboxylic acids is 1. The van der Waals surface area contributed by atoms with Crippen LogP contribution in [0.1, 0.15) is 30.7 Å². The predicted octanol–water partition coefficient (Wildman–Crippen LogP) is 6.57. The molecule has 2 aromatic carbocycles. The van der Waals surface area contributed by atoms with Gasteiger partial charge in [0.15, 0.2) is 6.61 Å². The van der Waals surface area contributed by atoms with E-state index in [1.54, 1.807) is 22.7 Å². The van der Waals surface area contributed by atoms with Crippen LogP contribution in [0.15, 0.2) is 48.5 Å². The number of fused-ring (bicyclic) bond motifs is 2. The number of ether oxygens (including phenoxy) is 2. The maximum Gasteiger partial charge on any atom is 0.262 e. The molecule has 33 heavy (non-hydrogen) atoms. The lowest BCUT2D eigenvalue weighted by Gasteiger charge is -2.18. The van der Waals surface area contributed by atoms with Gasteiger partial charge in [0.2, 0.25) is 0 Å². The number of thiazole rings is 1. The van der Waals surface area contributed by atoms with Crippen molar-refractivity contribution in [3.8, 4) is 22.1 Å². The van der Waals surface area contributed by atoms with Crippen molar-refractivity contribution in [3.63, 3.8) is 0 Å². The first-order chi connectivity index (χ1) is 16.1. The number of carbonyl (C=O) groups is 1. The summed E-state index contributed by atoms with van der Waals surface area (Å²) in [6, 6.07) is 15.5. The summed E-state index contributed by atoms with van der Waals surface area (Å²) in [5.41, 5.74) is 3.44. The fourth-order valence-corrected chi connectivity index (χ4v) is 6.69.